The first-order chi connectivity index (χ1) is 12.3. The fourth-order valence-electron chi connectivity index (χ4n) is 2.89. The quantitative estimate of drug-likeness (QED) is 0.663. The summed E-state index contributed by atoms with van der Waals surface area (Å²) in [6.45, 7) is 0. The summed E-state index contributed by atoms with van der Waals surface area (Å²) < 4.78 is 5.31. The molecule has 1 aliphatic rings. The number of methoxy groups -OCH3 is 1. The van der Waals surface area contributed by atoms with Crippen molar-refractivity contribution >= 4 is 34.3 Å². The number of hydrogen-bond donors (Lipinski definition) is 0. The fourth-order valence-corrected chi connectivity index (χ4v) is 4.36. The second-order valence-electron chi connectivity index (χ2n) is 5.64. The molecule has 0 spiro atoms. The number of amides is 1. The van der Waals surface area contributed by atoms with E-state index in [9.17, 15) is 4.79 Å². The third-order valence-corrected chi connectivity index (χ3v) is 5.96. The van der Waals surface area contributed by atoms with Gasteiger partial charge in [0, 0.05) is 16.9 Å². The monoisotopic (exact) mass is 368 g/mol. The van der Waals surface area contributed by atoms with Crippen molar-refractivity contribution in [2.45, 2.75) is 12.5 Å². The van der Waals surface area contributed by atoms with Crippen molar-refractivity contribution < 1.29 is 9.53 Å². The van der Waals surface area contributed by atoms with Gasteiger partial charge < -0.3 is 4.74 Å². The number of carbonyl (C=O) groups excluding carboxylic acids is 1. The molecule has 6 heteroatoms. The molecule has 3 aromatic rings. The van der Waals surface area contributed by atoms with Crippen LogP contribution in [0, 0.1) is 0 Å². The van der Waals surface area contributed by atoms with E-state index in [2.05, 4.69) is 11.2 Å². The zero-order valence-corrected chi connectivity index (χ0v) is 15.2. The molecule has 4 nitrogen and oxygen atoms in total. The topological polar surface area (TPSA) is 41.9 Å². The molecule has 0 saturated heterocycles. The maximum atomic E-state index is 12.9. The van der Waals surface area contributed by atoms with Crippen molar-refractivity contribution in [1.82, 2.24) is 5.01 Å². The van der Waals surface area contributed by atoms with Gasteiger partial charge in [-0.05, 0) is 35.0 Å². The van der Waals surface area contributed by atoms with Crippen molar-refractivity contribution in [3.8, 4) is 5.75 Å². The third-order valence-electron chi connectivity index (χ3n) is 4.12. The predicted octanol–water partition coefficient (Wildman–Crippen LogP) is 4.81. The van der Waals surface area contributed by atoms with Crippen LogP contribution in [0.2, 0.25) is 0 Å². The van der Waals surface area contributed by atoms with Gasteiger partial charge in [0.05, 0.1) is 23.7 Å². The van der Waals surface area contributed by atoms with E-state index in [4.69, 9.17) is 4.74 Å². The van der Waals surface area contributed by atoms with Crippen LogP contribution in [0.15, 0.2) is 64.4 Å². The molecule has 0 N–H and O–H groups in total. The molecule has 3 heterocycles. The molecule has 1 aromatic carbocycles. The number of ether oxygens (including phenoxy) is 1. The van der Waals surface area contributed by atoms with E-state index in [1.54, 1.807) is 23.5 Å². The van der Waals surface area contributed by atoms with Crippen molar-refractivity contribution in [1.29, 1.82) is 0 Å². The molecular formula is C19H16N2O2S2. The molecule has 1 amide bonds. The van der Waals surface area contributed by atoms with Crippen LogP contribution in [0.4, 0.5) is 0 Å². The molecule has 0 radical (unpaired) electrons. The Morgan fingerprint density at radius 1 is 1.16 bits per heavy atom. The fraction of sp³-hybridized carbons (Fsp3) is 0.158. The third kappa shape index (κ3) is 3.10. The molecule has 2 aromatic heterocycles. The second kappa shape index (κ2) is 6.82. The molecule has 25 heavy (non-hydrogen) atoms. The summed E-state index contributed by atoms with van der Waals surface area (Å²) in [6.07, 6.45) is 0.699. The van der Waals surface area contributed by atoms with Gasteiger partial charge in [-0.1, -0.05) is 24.3 Å². The van der Waals surface area contributed by atoms with Crippen LogP contribution in [0.3, 0.4) is 0 Å². The number of thiophene rings is 2. The first-order valence-corrected chi connectivity index (χ1v) is 9.64. The minimum atomic E-state index is -0.0594. The minimum Gasteiger partial charge on any atom is -0.497 e. The SMILES string of the molecule is COc1cccc(C2=NN(C(=O)c3cccs3)[C@H](c3cccs3)C2)c1. The highest BCUT2D eigenvalue weighted by atomic mass is 32.1. The molecule has 0 bridgehead atoms. The number of hydrogen-bond acceptors (Lipinski definition) is 5. The highest BCUT2D eigenvalue weighted by Crippen LogP contribution is 2.36. The zero-order valence-electron chi connectivity index (χ0n) is 13.6. The van der Waals surface area contributed by atoms with Crippen molar-refractivity contribution in [3.63, 3.8) is 0 Å². The van der Waals surface area contributed by atoms with Gasteiger partial charge in [-0.2, -0.15) is 5.10 Å². The van der Waals surface area contributed by atoms with E-state index in [0.717, 1.165) is 21.9 Å². The molecule has 0 aliphatic carbocycles. The van der Waals surface area contributed by atoms with Gasteiger partial charge in [0.2, 0.25) is 0 Å². The van der Waals surface area contributed by atoms with E-state index < -0.39 is 0 Å². The van der Waals surface area contributed by atoms with Crippen LogP contribution in [0.5, 0.6) is 5.75 Å². The van der Waals surface area contributed by atoms with E-state index >= 15 is 0 Å². The highest BCUT2D eigenvalue weighted by molar-refractivity contribution is 7.12. The van der Waals surface area contributed by atoms with Crippen LogP contribution in [0.25, 0.3) is 0 Å². The summed E-state index contributed by atoms with van der Waals surface area (Å²) in [5.41, 5.74) is 1.89. The number of carbonyl (C=O) groups is 1. The van der Waals surface area contributed by atoms with E-state index in [-0.39, 0.29) is 11.9 Å². The Balaban J connectivity index is 1.71. The summed E-state index contributed by atoms with van der Waals surface area (Å²) in [6, 6.07) is 15.6. The summed E-state index contributed by atoms with van der Waals surface area (Å²) >= 11 is 3.10. The molecule has 0 saturated carbocycles. The number of nitrogens with zero attached hydrogens (tertiary/aromatic N) is 2. The van der Waals surface area contributed by atoms with Crippen LogP contribution < -0.4 is 4.74 Å². The first kappa shape index (κ1) is 16.1. The van der Waals surface area contributed by atoms with Crippen LogP contribution >= 0.6 is 22.7 Å². The Hall–Kier alpha value is -2.44. The molecule has 4 rings (SSSR count). The number of hydrazone groups is 1. The smallest absolute Gasteiger partial charge is 0.284 e. The van der Waals surface area contributed by atoms with Gasteiger partial charge >= 0.3 is 0 Å². The Labute approximate surface area is 154 Å². The van der Waals surface area contributed by atoms with Gasteiger partial charge in [0.25, 0.3) is 5.91 Å². The summed E-state index contributed by atoms with van der Waals surface area (Å²) in [5.74, 6) is 0.738. The summed E-state index contributed by atoms with van der Waals surface area (Å²) in [7, 11) is 1.65. The van der Waals surface area contributed by atoms with Crippen molar-refractivity contribution in [2.24, 2.45) is 5.10 Å². The van der Waals surface area contributed by atoms with Crippen LogP contribution in [-0.2, 0) is 0 Å². The lowest BCUT2D eigenvalue weighted by Gasteiger charge is -2.19. The van der Waals surface area contributed by atoms with E-state index in [1.807, 2.05) is 53.2 Å². The maximum absolute atomic E-state index is 12.9. The molecule has 0 unspecified atom stereocenters. The van der Waals surface area contributed by atoms with Crippen LogP contribution in [0.1, 0.15) is 32.6 Å². The van der Waals surface area contributed by atoms with Gasteiger partial charge in [-0.3, -0.25) is 4.79 Å². The second-order valence-corrected chi connectivity index (χ2v) is 7.57. The van der Waals surface area contributed by atoms with Gasteiger partial charge in [-0.15, -0.1) is 22.7 Å². The average molecular weight is 368 g/mol. The van der Waals surface area contributed by atoms with E-state index in [0.29, 0.717) is 11.3 Å². The molecule has 126 valence electrons. The van der Waals surface area contributed by atoms with Gasteiger partial charge in [0.15, 0.2) is 0 Å². The van der Waals surface area contributed by atoms with Crippen LogP contribution in [-0.4, -0.2) is 23.7 Å². The highest BCUT2D eigenvalue weighted by Gasteiger charge is 2.34. The average Bonchev–Trinajstić information content (AvgIpc) is 3.42. The van der Waals surface area contributed by atoms with E-state index in [1.165, 1.54) is 11.3 Å². The summed E-state index contributed by atoms with van der Waals surface area (Å²) in [5, 5.41) is 10.3. The zero-order chi connectivity index (χ0) is 17.2. The lowest BCUT2D eigenvalue weighted by atomic mass is 10.0. The first-order valence-electron chi connectivity index (χ1n) is 7.88. The minimum absolute atomic E-state index is 0.0497. The predicted molar refractivity (Wildman–Crippen MR) is 102 cm³/mol. The van der Waals surface area contributed by atoms with Crippen molar-refractivity contribution in [2.75, 3.05) is 7.11 Å². The molecule has 0 fully saturated rings. The van der Waals surface area contributed by atoms with Gasteiger partial charge in [-0.25, -0.2) is 5.01 Å². The Morgan fingerprint density at radius 2 is 2.00 bits per heavy atom. The van der Waals surface area contributed by atoms with Crippen molar-refractivity contribution in [3.05, 3.63) is 74.6 Å². The normalized spacial score (nSPS) is 16.8. The van der Waals surface area contributed by atoms with Gasteiger partial charge in [0.1, 0.15) is 5.75 Å². The summed E-state index contributed by atoms with van der Waals surface area (Å²) in [4.78, 5) is 14.8. The molecule has 1 aliphatic heterocycles. The molecule has 1 atom stereocenters. The Bertz CT molecular complexity index is 901. The molecular weight excluding hydrogens is 352 g/mol. The lowest BCUT2D eigenvalue weighted by molar-refractivity contribution is 0.0719. The Morgan fingerprint density at radius 3 is 2.72 bits per heavy atom. The number of benzene rings is 1. The largest absolute Gasteiger partial charge is 0.497 e. The lowest BCUT2D eigenvalue weighted by Crippen LogP contribution is -2.25. The standard InChI is InChI=1S/C19H16N2O2S2/c1-23-14-6-2-5-13(11-14)15-12-16(17-7-3-9-24-17)21(20-15)19(22)18-8-4-10-25-18/h2-11,16H,12H2,1H3/t16-/m0/s1. The maximum Gasteiger partial charge on any atom is 0.284 e. The number of rotatable bonds is 4. The Kier molecular flexibility index (Phi) is 4.38.